The number of amides is 1. The number of carbonyl (C=O) groups excluding carboxylic acids is 1. The van der Waals surface area contributed by atoms with E-state index >= 15 is 0 Å². The molecular formula is C16H17N5O. The van der Waals surface area contributed by atoms with Crippen molar-refractivity contribution < 1.29 is 4.79 Å². The van der Waals surface area contributed by atoms with Gasteiger partial charge in [0.05, 0.1) is 6.33 Å². The molecule has 0 aliphatic carbocycles. The van der Waals surface area contributed by atoms with Crippen molar-refractivity contribution in [2.24, 2.45) is 0 Å². The molecule has 112 valence electrons. The fourth-order valence-electron chi connectivity index (χ4n) is 3.08. The van der Waals surface area contributed by atoms with Crippen LogP contribution < -0.4 is 0 Å². The molecule has 1 fully saturated rings. The molecule has 1 aliphatic heterocycles. The lowest BCUT2D eigenvalue weighted by molar-refractivity contribution is 0.0707. The molecule has 1 amide bonds. The molecule has 1 N–H and O–H groups in total. The number of imidazole rings is 2. The quantitative estimate of drug-likeness (QED) is 0.787. The Morgan fingerprint density at radius 3 is 2.86 bits per heavy atom. The third-order valence-electron chi connectivity index (χ3n) is 4.32. The van der Waals surface area contributed by atoms with Gasteiger partial charge in [0.2, 0.25) is 0 Å². The summed E-state index contributed by atoms with van der Waals surface area (Å²) in [4.78, 5) is 26.1. The Morgan fingerprint density at radius 1 is 1.27 bits per heavy atom. The van der Waals surface area contributed by atoms with E-state index in [9.17, 15) is 4.79 Å². The van der Waals surface area contributed by atoms with E-state index in [1.807, 2.05) is 39.9 Å². The van der Waals surface area contributed by atoms with E-state index in [4.69, 9.17) is 0 Å². The van der Waals surface area contributed by atoms with Crippen molar-refractivity contribution >= 4 is 11.6 Å². The summed E-state index contributed by atoms with van der Waals surface area (Å²) in [5.74, 6) is 0.486. The number of piperidine rings is 1. The highest BCUT2D eigenvalue weighted by Crippen LogP contribution is 2.26. The molecule has 0 atom stereocenters. The van der Waals surface area contributed by atoms with Crippen LogP contribution in [0.1, 0.15) is 34.9 Å². The molecule has 22 heavy (non-hydrogen) atoms. The highest BCUT2D eigenvalue weighted by molar-refractivity contribution is 5.93. The molecular weight excluding hydrogens is 278 g/mol. The van der Waals surface area contributed by atoms with Crippen LogP contribution in [0.5, 0.6) is 0 Å². The second kappa shape index (κ2) is 5.29. The lowest BCUT2D eigenvalue weighted by atomic mass is 9.94. The minimum absolute atomic E-state index is 0.0201. The van der Waals surface area contributed by atoms with Gasteiger partial charge in [0.25, 0.3) is 5.91 Å². The van der Waals surface area contributed by atoms with Gasteiger partial charge >= 0.3 is 0 Å². The van der Waals surface area contributed by atoms with Gasteiger partial charge in [0.1, 0.15) is 11.3 Å². The molecule has 4 heterocycles. The maximum absolute atomic E-state index is 12.6. The van der Waals surface area contributed by atoms with Gasteiger partial charge in [-0.3, -0.25) is 4.79 Å². The van der Waals surface area contributed by atoms with Gasteiger partial charge in [-0.1, -0.05) is 6.07 Å². The van der Waals surface area contributed by atoms with E-state index in [1.165, 1.54) is 5.69 Å². The van der Waals surface area contributed by atoms with E-state index in [1.54, 1.807) is 12.5 Å². The Balaban J connectivity index is 1.47. The highest BCUT2D eigenvalue weighted by atomic mass is 16.2. The van der Waals surface area contributed by atoms with Crippen molar-refractivity contribution in [2.45, 2.75) is 18.8 Å². The number of fused-ring (bicyclic) bond motifs is 1. The molecule has 6 heteroatoms. The molecule has 1 saturated heterocycles. The fourth-order valence-corrected chi connectivity index (χ4v) is 3.08. The fraction of sp³-hybridized carbons (Fsp3) is 0.312. The van der Waals surface area contributed by atoms with Crippen LogP contribution in [0.15, 0.2) is 43.1 Å². The van der Waals surface area contributed by atoms with Crippen molar-refractivity contribution in [3.8, 4) is 0 Å². The molecule has 3 aromatic rings. The first-order valence-corrected chi connectivity index (χ1v) is 7.52. The molecule has 0 spiro atoms. The number of aromatic nitrogens is 4. The minimum Gasteiger partial charge on any atom is -0.348 e. The Labute approximate surface area is 127 Å². The third kappa shape index (κ3) is 2.26. The van der Waals surface area contributed by atoms with E-state index in [0.717, 1.165) is 31.6 Å². The standard InChI is InChI=1S/C16H17N5O/c22-16(14-10-21-6-2-1-3-15(21)19-14)20-7-4-12(5-8-20)13-9-17-11-18-13/h1-3,6,9-12H,4-5,7-8H2,(H,17,18). The van der Waals surface area contributed by atoms with E-state index in [-0.39, 0.29) is 5.91 Å². The van der Waals surface area contributed by atoms with Crippen LogP contribution in [0.2, 0.25) is 0 Å². The zero-order valence-electron chi connectivity index (χ0n) is 12.1. The molecule has 3 aromatic heterocycles. The van der Waals surface area contributed by atoms with Gasteiger partial charge in [-0.05, 0) is 25.0 Å². The lowest BCUT2D eigenvalue weighted by Crippen LogP contribution is -2.38. The average molecular weight is 295 g/mol. The molecule has 0 unspecified atom stereocenters. The second-order valence-electron chi connectivity index (χ2n) is 5.67. The summed E-state index contributed by atoms with van der Waals surface area (Å²) in [6.45, 7) is 1.52. The van der Waals surface area contributed by atoms with Gasteiger partial charge in [-0.2, -0.15) is 0 Å². The zero-order chi connectivity index (χ0) is 14.9. The third-order valence-corrected chi connectivity index (χ3v) is 4.32. The van der Waals surface area contributed by atoms with Crippen LogP contribution in [0.25, 0.3) is 5.65 Å². The largest absolute Gasteiger partial charge is 0.348 e. The summed E-state index contributed by atoms with van der Waals surface area (Å²) in [7, 11) is 0. The number of aromatic amines is 1. The van der Waals surface area contributed by atoms with Gasteiger partial charge in [0, 0.05) is 43.3 Å². The summed E-state index contributed by atoms with van der Waals surface area (Å²) in [6, 6.07) is 5.76. The minimum atomic E-state index is 0.0201. The summed E-state index contributed by atoms with van der Waals surface area (Å²) >= 11 is 0. The van der Waals surface area contributed by atoms with Gasteiger partial charge < -0.3 is 14.3 Å². The van der Waals surface area contributed by atoms with Crippen molar-refractivity contribution in [3.05, 3.63) is 54.5 Å². The van der Waals surface area contributed by atoms with Crippen molar-refractivity contribution in [3.63, 3.8) is 0 Å². The van der Waals surface area contributed by atoms with Crippen LogP contribution in [0.3, 0.4) is 0 Å². The van der Waals surface area contributed by atoms with Gasteiger partial charge in [-0.15, -0.1) is 0 Å². The Bertz CT molecular complexity index is 751. The van der Waals surface area contributed by atoms with Gasteiger partial charge in [0.15, 0.2) is 0 Å². The summed E-state index contributed by atoms with van der Waals surface area (Å²) in [6.07, 6.45) is 9.22. The molecule has 0 bridgehead atoms. The molecule has 1 aliphatic rings. The van der Waals surface area contributed by atoms with Crippen molar-refractivity contribution in [2.75, 3.05) is 13.1 Å². The molecule has 0 radical (unpaired) electrons. The maximum atomic E-state index is 12.6. The monoisotopic (exact) mass is 295 g/mol. The Hall–Kier alpha value is -2.63. The van der Waals surface area contributed by atoms with Crippen LogP contribution in [-0.4, -0.2) is 43.2 Å². The summed E-state index contributed by atoms with van der Waals surface area (Å²) in [5, 5.41) is 0. The molecule has 0 saturated carbocycles. The molecule has 6 nitrogen and oxygen atoms in total. The molecule has 0 aromatic carbocycles. The zero-order valence-corrected chi connectivity index (χ0v) is 12.1. The lowest BCUT2D eigenvalue weighted by Gasteiger charge is -2.31. The predicted octanol–water partition coefficient (Wildman–Crippen LogP) is 2.08. The predicted molar refractivity (Wildman–Crippen MR) is 81.7 cm³/mol. The normalized spacial score (nSPS) is 16.3. The van der Waals surface area contributed by atoms with Crippen LogP contribution in [0, 0.1) is 0 Å². The SMILES string of the molecule is O=C(c1cn2ccccc2n1)N1CCC(c2cnc[nH]2)CC1. The van der Waals surface area contributed by atoms with Crippen LogP contribution in [-0.2, 0) is 0 Å². The first kappa shape index (κ1) is 13.1. The second-order valence-corrected chi connectivity index (χ2v) is 5.67. The number of rotatable bonds is 2. The Kier molecular flexibility index (Phi) is 3.14. The van der Waals surface area contributed by atoms with Crippen LogP contribution >= 0.6 is 0 Å². The summed E-state index contributed by atoms with van der Waals surface area (Å²) < 4.78 is 1.88. The number of nitrogens with one attached hydrogen (secondary N) is 1. The topological polar surface area (TPSA) is 66.3 Å². The highest BCUT2D eigenvalue weighted by Gasteiger charge is 2.26. The number of pyridine rings is 1. The first-order chi connectivity index (χ1) is 10.8. The number of hydrogen-bond acceptors (Lipinski definition) is 3. The number of carbonyl (C=O) groups is 1. The number of hydrogen-bond donors (Lipinski definition) is 1. The molecule has 4 rings (SSSR count). The van der Waals surface area contributed by atoms with Crippen molar-refractivity contribution in [1.29, 1.82) is 0 Å². The Morgan fingerprint density at radius 2 is 2.14 bits per heavy atom. The van der Waals surface area contributed by atoms with Crippen LogP contribution in [0.4, 0.5) is 0 Å². The number of likely N-dealkylation sites (tertiary alicyclic amines) is 1. The van der Waals surface area contributed by atoms with Crippen molar-refractivity contribution in [1.82, 2.24) is 24.3 Å². The van der Waals surface area contributed by atoms with E-state index in [2.05, 4.69) is 15.0 Å². The average Bonchev–Trinajstić information content (AvgIpc) is 3.23. The van der Waals surface area contributed by atoms with E-state index in [0.29, 0.717) is 11.6 Å². The first-order valence-electron chi connectivity index (χ1n) is 7.52. The maximum Gasteiger partial charge on any atom is 0.274 e. The number of H-pyrrole nitrogens is 1. The smallest absolute Gasteiger partial charge is 0.274 e. The summed E-state index contributed by atoms with van der Waals surface area (Å²) in [5.41, 5.74) is 2.49. The van der Waals surface area contributed by atoms with Gasteiger partial charge in [-0.25, -0.2) is 9.97 Å². The van der Waals surface area contributed by atoms with E-state index < -0.39 is 0 Å². The number of nitrogens with zero attached hydrogens (tertiary/aromatic N) is 4.